The summed E-state index contributed by atoms with van der Waals surface area (Å²) in [4.78, 5) is 27.0. The predicted octanol–water partition coefficient (Wildman–Crippen LogP) is 5.03. The maximum absolute atomic E-state index is 12.6. The van der Waals surface area contributed by atoms with Crippen molar-refractivity contribution >= 4 is 51.3 Å². The lowest BCUT2D eigenvalue weighted by atomic mass is 10.2. The summed E-state index contributed by atoms with van der Waals surface area (Å²) in [6.07, 6.45) is 2.55. The molecule has 3 aromatic rings. The highest BCUT2D eigenvalue weighted by atomic mass is 32.2. The number of hydrogen-bond donors (Lipinski definition) is 1. The summed E-state index contributed by atoms with van der Waals surface area (Å²) >= 11 is 4.34. The Morgan fingerprint density at radius 3 is 2.77 bits per heavy atom. The Bertz CT molecular complexity index is 1080. The van der Waals surface area contributed by atoms with Crippen LogP contribution in [0.3, 0.4) is 0 Å². The Hall–Kier alpha value is -2.43. The van der Waals surface area contributed by atoms with Gasteiger partial charge in [0.15, 0.2) is 11.0 Å². The number of esters is 1. The number of hydrogen-bond acceptors (Lipinski definition) is 8. The second-order valence-electron chi connectivity index (χ2n) is 6.52. The third-order valence-electron chi connectivity index (χ3n) is 4.23. The lowest BCUT2D eigenvalue weighted by Crippen LogP contribution is -2.16. The Balaban J connectivity index is 1.72. The highest BCUT2D eigenvalue weighted by molar-refractivity contribution is 7.99. The lowest BCUT2D eigenvalue weighted by molar-refractivity contribution is -0.113. The minimum Gasteiger partial charge on any atom is -0.462 e. The van der Waals surface area contributed by atoms with Crippen LogP contribution in [0.1, 0.15) is 34.0 Å². The summed E-state index contributed by atoms with van der Waals surface area (Å²) in [5.74, 6) is 0.242. The van der Waals surface area contributed by atoms with Gasteiger partial charge in [-0.2, -0.15) is 0 Å². The average Bonchev–Trinajstić information content (AvgIpc) is 3.45. The molecule has 0 saturated heterocycles. The second kappa shape index (κ2) is 10.7. The Morgan fingerprint density at radius 2 is 2.13 bits per heavy atom. The molecule has 0 saturated carbocycles. The molecule has 10 heteroatoms. The molecule has 7 nitrogen and oxygen atoms in total. The summed E-state index contributed by atoms with van der Waals surface area (Å²) in [5, 5.41) is 14.6. The largest absolute Gasteiger partial charge is 0.462 e. The van der Waals surface area contributed by atoms with E-state index >= 15 is 0 Å². The smallest absolute Gasteiger partial charge is 0.341 e. The van der Waals surface area contributed by atoms with E-state index in [1.54, 1.807) is 30.4 Å². The van der Waals surface area contributed by atoms with Gasteiger partial charge in [0.25, 0.3) is 0 Å². The van der Waals surface area contributed by atoms with Crippen molar-refractivity contribution in [1.82, 2.24) is 14.8 Å². The number of aromatic nitrogens is 3. The standard InChI is InChI=1S/C21H24N4O3S3/c1-5-8-25-18(14-9-13(4)29-11-14)23-24-21(25)30-12-17(26)22-19-16(20(27)28-7-3)10-15(6-2)31-19/h5,9-11H,1,6-8,12H2,2-4H3,(H,22,26). The first-order valence-corrected chi connectivity index (χ1v) is 12.5. The van der Waals surface area contributed by atoms with Crippen molar-refractivity contribution in [2.45, 2.75) is 38.9 Å². The first-order valence-electron chi connectivity index (χ1n) is 9.78. The van der Waals surface area contributed by atoms with Crippen molar-refractivity contribution in [2.75, 3.05) is 17.7 Å². The molecule has 3 aromatic heterocycles. The first-order chi connectivity index (χ1) is 15.0. The van der Waals surface area contributed by atoms with Gasteiger partial charge in [0.1, 0.15) is 5.00 Å². The molecule has 0 radical (unpaired) electrons. The third kappa shape index (κ3) is 5.63. The zero-order chi connectivity index (χ0) is 22.4. The van der Waals surface area contributed by atoms with Crippen molar-refractivity contribution in [3.63, 3.8) is 0 Å². The van der Waals surface area contributed by atoms with Gasteiger partial charge in [0.05, 0.1) is 17.9 Å². The van der Waals surface area contributed by atoms with Crippen molar-refractivity contribution in [1.29, 1.82) is 0 Å². The van der Waals surface area contributed by atoms with Crippen molar-refractivity contribution in [3.05, 3.63) is 45.5 Å². The van der Waals surface area contributed by atoms with Crippen LogP contribution in [0, 0.1) is 6.92 Å². The summed E-state index contributed by atoms with van der Waals surface area (Å²) < 4.78 is 7.05. The van der Waals surface area contributed by atoms with E-state index in [4.69, 9.17) is 4.74 Å². The molecule has 1 N–H and O–H groups in total. The molecule has 0 atom stereocenters. The molecule has 1 amide bonds. The molecule has 3 rings (SSSR count). The van der Waals surface area contributed by atoms with E-state index in [1.807, 2.05) is 23.8 Å². The zero-order valence-corrected chi connectivity index (χ0v) is 20.1. The summed E-state index contributed by atoms with van der Waals surface area (Å²) in [7, 11) is 0. The molecule has 3 heterocycles. The van der Waals surface area contributed by atoms with Crippen molar-refractivity contribution < 1.29 is 14.3 Å². The number of rotatable bonds is 10. The van der Waals surface area contributed by atoms with Crippen LogP contribution in [0.4, 0.5) is 5.00 Å². The van der Waals surface area contributed by atoms with Gasteiger partial charge in [0, 0.05) is 27.2 Å². The van der Waals surface area contributed by atoms with Crippen LogP contribution in [0.25, 0.3) is 11.4 Å². The highest BCUT2D eigenvalue weighted by Crippen LogP contribution is 2.31. The lowest BCUT2D eigenvalue weighted by Gasteiger charge is -2.08. The molecule has 0 unspecified atom stereocenters. The number of thiophene rings is 2. The van der Waals surface area contributed by atoms with E-state index in [0.717, 1.165) is 22.7 Å². The van der Waals surface area contributed by atoms with Gasteiger partial charge in [-0.3, -0.25) is 9.36 Å². The van der Waals surface area contributed by atoms with Crippen LogP contribution in [0.15, 0.2) is 35.3 Å². The van der Waals surface area contributed by atoms with Gasteiger partial charge in [-0.25, -0.2) is 4.79 Å². The van der Waals surface area contributed by atoms with E-state index in [-0.39, 0.29) is 18.3 Å². The van der Waals surface area contributed by atoms with Gasteiger partial charge < -0.3 is 10.1 Å². The van der Waals surface area contributed by atoms with E-state index in [1.165, 1.54) is 28.0 Å². The molecule has 0 aromatic carbocycles. The number of thioether (sulfide) groups is 1. The number of anilines is 1. The molecule has 0 aliphatic carbocycles. The average molecular weight is 477 g/mol. The maximum Gasteiger partial charge on any atom is 0.341 e. The first kappa shape index (κ1) is 23.2. The third-order valence-corrected chi connectivity index (χ3v) is 7.25. The minimum absolute atomic E-state index is 0.138. The van der Waals surface area contributed by atoms with E-state index in [9.17, 15) is 9.59 Å². The van der Waals surface area contributed by atoms with E-state index in [0.29, 0.717) is 22.3 Å². The fourth-order valence-electron chi connectivity index (χ4n) is 2.83. The molecule has 0 aliphatic heterocycles. The molecule has 0 aliphatic rings. The van der Waals surface area contributed by atoms with Crippen molar-refractivity contribution in [3.8, 4) is 11.4 Å². The Kier molecular flexibility index (Phi) is 8.05. The Labute approximate surface area is 193 Å². The number of aryl methyl sites for hydroxylation is 2. The van der Waals surface area contributed by atoms with Crippen LogP contribution in [-0.4, -0.2) is 39.0 Å². The summed E-state index contributed by atoms with van der Waals surface area (Å²) in [6.45, 7) is 10.4. The van der Waals surface area contributed by atoms with Gasteiger partial charge in [-0.1, -0.05) is 24.8 Å². The van der Waals surface area contributed by atoms with Gasteiger partial charge >= 0.3 is 5.97 Å². The van der Waals surface area contributed by atoms with Crippen LogP contribution in [0.2, 0.25) is 0 Å². The summed E-state index contributed by atoms with van der Waals surface area (Å²) in [6, 6.07) is 3.84. The quantitative estimate of drug-likeness (QED) is 0.251. The minimum atomic E-state index is -0.428. The number of nitrogens with one attached hydrogen (secondary N) is 1. The molecule has 0 bridgehead atoms. The van der Waals surface area contributed by atoms with E-state index in [2.05, 4.69) is 28.2 Å². The summed E-state index contributed by atoms with van der Waals surface area (Å²) in [5.41, 5.74) is 1.39. The monoisotopic (exact) mass is 476 g/mol. The number of carbonyl (C=O) groups is 2. The Morgan fingerprint density at radius 1 is 1.32 bits per heavy atom. The number of allylic oxidation sites excluding steroid dienone is 1. The van der Waals surface area contributed by atoms with Gasteiger partial charge in [-0.15, -0.1) is 39.4 Å². The SMILES string of the molecule is C=CCn1c(SCC(=O)Nc2sc(CC)cc2C(=O)OCC)nnc1-c1csc(C)c1. The maximum atomic E-state index is 12.6. The molecular formula is C21H24N4O3S3. The molecule has 0 fully saturated rings. The second-order valence-corrected chi connectivity index (χ2v) is 9.71. The number of amides is 1. The normalized spacial score (nSPS) is 10.8. The number of nitrogens with zero attached hydrogens (tertiary/aromatic N) is 3. The van der Waals surface area contributed by atoms with Gasteiger partial charge in [0.2, 0.25) is 5.91 Å². The van der Waals surface area contributed by atoms with E-state index < -0.39 is 5.97 Å². The van der Waals surface area contributed by atoms with Crippen LogP contribution in [0.5, 0.6) is 0 Å². The van der Waals surface area contributed by atoms with Crippen LogP contribution < -0.4 is 5.32 Å². The molecular weight excluding hydrogens is 452 g/mol. The van der Waals surface area contributed by atoms with Gasteiger partial charge in [-0.05, 0) is 32.4 Å². The topological polar surface area (TPSA) is 86.1 Å². The fraction of sp³-hybridized carbons (Fsp3) is 0.333. The fourth-order valence-corrected chi connectivity index (χ4v) is 5.26. The zero-order valence-electron chi connectivity index (χ0n) is 17.6. The molecule has 164 valence electrons. The predicted molar refractivity (Wildman–Crippen MR) is 127 cm³/mol. The van der Waals surface area contributed by atoms with Crippen LogP contribution >= 0.6 is 34.4 Å². The molecule has 0 spiro atoms. The van der Waals surface area contributed by atoms with Crippen LogP contribution in [-0.2, 0) is 22.5 Å². The number of carbonyl (C=O) groups excluding carboxylic acids is 2. The van der Waals surface area contributed by atoms with Crippen molar-refractivity contribution in [2.24, 2.45) is 0 Å². The highest BCUT2D eigenvalue weighted by Gasteiger charge is 2.20. The number of ether oxygens (including phenoxy) is 1. The molecule has 31 heavy (non-hydrogen) atoms.